The van der Waals surface area contributed by atoms with Crippen LogP contribution in [0.2, 0.25) is 0 Å². The highest BCUT2D eigenvalue weighted by Gasteiger charge is 2.26. The lowest BCUT2D eigenvalue weighted by molar-refractivity contribution is -0.120. The normalized spacial score (nSPS) is 16.6. The smallest absolute Gasteiger partial charge is 0.229 e. The highest BCUT2D eigenvalue weighted by atomic mass is 16.5. The second kappa shape index (κ2) is 6.99. The number of carbonyl (C=O) groups is 1. The van der Waals surface area contributed by atoms with Crippen molar-refractivity contribution in [1.29, 1.82) is 0 Å². The summed E-state index contributed by atoms with van der Waals surface area (Å²) in [5, 5.41) is 2.98. The van der Waals surface area contributed by atoms with Gasteiger partial charge in [0.15, 0.2) is 5.82 Å². The molecule has 1 atom stereocenters. The molecule has 0 radical (unpaired) electrons. The molecule has 1 aromatic heterocycles. The summed E-state index contributed by atoms with van der Waals surface area (Å²) in [4.78, 5) is 21.3. The van der Waals surface area contributed by atoms with Crippen LogP contribution < -0.4 is 10.1 Å². The zero-order valence-electron chi connectivity index (χ0n) is 14.4. The van der Waals surface area contributed by atoms with Crippen molar-refractivity contribution < 1.29 is 9.53 Å². The first-order valence-corrected chi connectivity index (χ1v) is 8.36. The van der Waals surface area contributed by atoms with Gasteiger partial charge in [-0.25, -0.2) is 4.98 Å². The molecule has 126 valence electrons. The van der Waals surface area contributed by atoms with Crippen LogP contribution in [0.25, 0.3) is 0 Å². The van der Waals surface area contributed by atoms with E-state index in [1.165, 1.54) is 11.1 Å². The monoisotopic (exact) mass is 325 g/mol. The maximum absolute atomic E-state index is 12.7. The Morgan fingerprint density at radius 3 is 2.79 bits per heavy atom. The molecule has 1 aliphatic rings. The molecule has 5 nitrogen and oxygen atoms in total. The van der Waals surface area contributed by atoms with Gasteiger partial charge in [0.05, 0.1) is 12.8 Å². The number of hydrogen-bond acceptors (Lipinski definition) is 4. The third-order valence-electron chi connectivity index (χ3n) is 4.53. The van der Waals surface area contributed by atoms with Crippen LogP contribution in [-0.4, -0.2) is 23.0 Å². The Labute approximate surface area is 142 Å². The van der Waals surface area contributed by atoms with Gasteiger partial charge in [-0.2, -0.15) is 0 Å². The molecular weight excluding hydrogens is 302 g/mol. The molecule has 5 heteroatoms. The van der Waals surface area contributed by atoms with Crippen LogP contribution >= 0.6 is 0 Å². The lowest BCUT2D eigenvalue weighted by Gasteiger charge is -2.24. The Hall–Kier alpha value is -2.43. The summed E-state index contributed by atoms with van der Waals surface area (Å²) in [5.41, 5.74) is 3.33. The van der Waals surface area contributed by atoms with Crippen LogP contribution in [-0.2, 0) is 17.6 Å². The van der Waals surface area contributed by atoms with E-state index in [0.29, 0.717) is 5.82 Å². The van der Waals surface area contributed by atoms with Crippen molar-refractivity contribution in [1.82, 2.24) is 9.97 Å². The van der Waals surface area contributed by atoms with Gasteiger partial charge in [-0.15, -0.1) is 0 Å². The zero-order chi connectivity index (χ0) is 17.1. The fraction of sp³-hybridized carbons (Fsp3) is 0.421. The van der Waals surface area contributed by atoms with Crippen LogP contribution in [0.15, 0.2) is 30.6 Å². The number of aromatic nitrogens is 2. The number of aryl methyl sites for hydroxylation is 1. The fourth-order valence-corrected chi connectivity index (χ4v) is 3.17. The van der Waals surface area contributed by atoms with Gasteiger partial charge >= 0.3 is 0 Å². The standard InChI is InChI=1S/C19H23N3O2/c1-12(2)17-18(21-9-8-20-17)22-19(23)15-5-4-14-11-16(24-3)7-6-13(14)10-15/h6-9,11-12,15H,4-5,10H2,1-3H3,(H,21,22,23)/t15-/m0/s1. The quantitative estimate of drug-likeness (QED) is 0.936. The van der Waals surface area contributed by atoms with Crippen LogP contribution in [0.3, 0.4) is 0 Å². The van der Waals surface area contributed by atoms with Crippen molar-refractivity contribution in [3.05, 3.63) is 47.4 Å². The van der Waals surface area contributed by atoms with Gasteiger partial charge in [0.2, 0.25) is 5.91 Å². The first-order valence-electron chi connectivity index (χ1n) is 8.36. The summed E-state index contributed by atoms with van der Waals surface area (Å²) in [6.45, 7) is 4.09. The predicted molar refractivity (Wildman–Crippen MR) is 93.3 cm³/mol. The number of hydrogen-bond donors (Lipinski definition) is 1. The van der Waals surface area contributed by atoms with E-state index in [0.717, 1.165) is 30.7 Å². The van der Waals surface area contributed by atoms with Gasteiger partial charge in [0, 0.05) is 18.3 Å². The molecule has 3 rings (SSSR count). The van der Waals surface area contributed by atoms with E-state index in [1.54, 1.807) is 19.5 Å². The Morgan fingerprint density at radius 2 is 2.04 bits per heavy atom. The van der Waals surface area contributed by atoms with Crippen LogP contribution in [0.1, 0.15) is 43.0 Å². The van der Waals surface area contributed by atoms with Crippen LogP contribution in [0.5, 0.6) is 5.75 Å². The van der Waals surface area contributed by atoms with E-state index >= 15 is 0 Å². The molecule has 1 N–H and O–H groups in total. The summed E-state index contributed by atoms with van der Waals surface area (Å²) in [6.07, 6.45) is 5.76. The highest BCUT2D eigenvalue weighted by Crippen LogP contribution is 2.29. The molecule has 1 aromatic carbocycles. The highest BCUT2D eigenvalue weighted by molar-refractivity contribution is 5.92. The molecule has 0 saturated carbocycles. The zero-order valence-corrected chi connectivity index (χ0v) is 14.4. The summed E-state index contributed by atoms with van der Waals surface area (Å²) >= 11 is 0. The molecule has 1 heterocycles. The number of carbonyl (C=O) groups excluding carboxylic acids is 1. The largest absolute Gasteiger partial charge is 0.497 e. The second-order valence-corrected chi connectivity index (χ2v) is 6.51. The minimum Gasteiger partial charge on any atom is -0.497 e. The number of nitrogens with zero attached hydrogens (tertiary/aromatic N) is 2. The van der Waals surface area contributed by atoms with E-state index in [1.807, 2.05) is 19.9 Å². The molecule has 2 aromatic rings. The van der Waals surface area contributed by atoms with Gasteiger partial charge in [0.25, 0.3) is 0 Å². The number of amides is 1. The molecule has 24 heavy (non-hydrogen) atoms. The van der Waals surface area contributed by atoms with E-state index in [4.69, 9.17) is 4.74 Å². The molecule has 0 bridgehead atoms. The molecule has 0 aliphatic heterocycles. The van der Waals surface area contributed by atoms with Gasteiger partial charge in [-0.05, 0) is 48.4 Å². The molecular formula is C19H23N3O2. The van der Waals surface area contributed by atoms with Crippen molar-refractivity contribution in [3.63, 3.8) is 0 Å². The summed E-state index contributed by atoms with van der Waals surface area (Å²) in [5.74, 6) is 1.66. The van der Waals surface area contributed by atoms with Crippen molar-refractivity contribution in [2.45, 2.75) is 39.0 Å². The SMILES string of the molecule is COc1ccc2c(c1)CC[C@H](C(=O)Nc1nccnc1C(C)C)C2. The van der Waals surface area contributed by atoms with Crippen molar-refractivity contribution in [3.8, 4) is 5.75 Å². The van der Waals surface area contributed by atoms with Crippen molar-refractivity contribution in [2.24, 2.45) is 5.92 Å². The molecule has 0 fully saturated rings. The Morgan fingerprint density at radius 1 is 1.25 bits per heavy atom. The summed E-state index contributed by atoms with van der Waals surface area (Å²) in [6, 6.07) is 6.09. The van der Waals surface area contributed by atoms with E-state index in [-0.39, 0.29) is 17.7 Å². The van der Waals surface area contributed by atoms with Crippen LogP contribution in [0.4, 0.5) is 5.82 Å². The second-order valence-electron chi connectivity index (χ2n) is 6.51. The maximum atomic E-state index is 12.7. The average Bonchev–Trinajstić information content (AvgIpc) is 2.61. The Balaban J connectivity index is 1.73. The lowest BCUT2D eigenvalue weighted by atomic mass is 9.83. The number of rotatable bonds is 4. The lowest BCUT2D eigenvalue weighted by Crippen LogP contribution is -2.29. The minimum atomic E-state index is -0.0343. The molecule has 0 unspecified atom stereocenters. The minimum absolute atomic E-state index is 0.0267. The Kier molecular flexibility index (Phi) is 4.79. The number of benzene rings is 1. The van der Waals surface area contributed by atoms with Gasteiger partial charge in [-0.3, -0.25) is 9.78 Å². The molecule has 0 spiro atoms. The number of anilines is 1. The van der Waals surface area contributed by atoms with Gasteiger partial charge < -0.3 is 10.1 Å². The summed E-state index contributed by atoms with van der Waals surface area (Å²) < 4.78 is 5.27. The number of fused-ring (bicyclic) bond motifs is 1. The summed E-state index contributed by atoms with van der Waals surface area (Å²) in [7, 11) is 1.67. The topological polar surface area (TPSA) is 64.1 Å². The number of nitrogens with one attached hydrogen (secondary N) is 1. The first kappa shape index (κ1) is 16.4. The first-order chi connectivity index (χ1) is 11.6. The van der Waals surface area contributed by atoms with E-state index < -0.39 is 0 Å². The predicted octanol–water partition coefficient (Wildman–Crippen LogP) is 3.35. The maximum Gasteiger partial charge on any atom is 0.229 e. The third kappa shape index (κ3) is 3.40. The number of ether oxygens (including phenoxy) is 1. The third-order valence-corrected chi connectivity index (χ3v) is 4.53. The Bertz CT molecular complexity index is 743. The van der Waals surface area contributed by atoms with Gasteiger partial charge in [-0.1, -0.05) is 19.9 Å². The van der Waals surface area contributed by atoms with E-state index in [9.17, 15) is 4.79 Å². The van der Waals surface area contributed by atoms with Crippen molar-refractivity contribution >= 4 is 11.7 Å². The number of methoxy groups -OCH3 is 1. The average molecular weight is 325 g/mol. The van der Waals surface area contributed by atoms with E-state index in [2.05, 4.69) is 27.4 Å². The van der Waals surface area contributed by atoms with Crippen molar-refractivity contribution in [2.75, 3.05) is 12.4 Å². The molecule has 1 amide bonds. The molecule has 0 saturated heterocycles. The molecule has 1 aliphatic carbocycles. The van der Waals surface area contributed by atoms with Gasteiger partial charge in [0.1, 0.15) is 5.75 Å². The van der Waals surface area contributed by atoms with Crippen LogP contribution in [0, 0.1) is 5.92 Å². The fourth-order valence-electron chi connectivity index (χ4n) is 3.17.